The number of rotatable bonds is 5. The van der Waals surface area contributed by atoms with Crippen molar-refractivity contribution in [2.75, 3.05) is 13.7 Å². The lowest BCUT2D eigenvalue weighted by atomic mass is 9.95. The van der Waals surface area contributed by atoms with E-state index in [4.69, 9.17) is 15.2 Å². The van der Waals surface area contributed by atoms with Gasteiger partial charge in [-0.1, -0.05) is 24.3 Å². The van der Waals surface area contributed by atoms with Crippen LogP contribution in [0.2, 0.25) is 0 Å². The molecule has 0 heterocycles. The van der Waals surface area contributed by atoms with Crippen molar-refractivity contribution in [2.24, 2.45) is 5.73 Å². The second-order valence-electron chi connectivity index (χ2n) is 5.17. The van der Waals surface area contributed by atoms with Gasteiger partial charge in [-0.25, -0.2) is 0 Å². The summed E-state index contributed by atoms with van der Waals surface area (Å²) in [5.74, 6) is 1.80. The second kappa shape index (κ2) is 6.64. The molecule has 1 atom stereocenters. The molecule has 3 nitrogen and oxygen atoms in total. The average molecular weight is 285 g/mol. The van der Waals surface area contributed by atoms with Crippen LogP contribution in [0.3, 0.4) is 0 Å². The summed E-state index contributed by atoms with van der Waals surface area (Å²) < 4.78 is 10.9. The quantitative estimate of drug-likeness (QED) is 0.909. The molecular weight excluding hydrogens is 262 g/mol. The first kappa shape index (κ1) is 15.4. The predicted octanol–water partition coefficient (Wildman–Crippen LogP) is 3.76. The van der Waals surface area contributed by atoms with Gasteiger partial charge in [0.2, 0.25) is 0 Å². The van der Waals surface area contributed by atoms with E-state index in [-0.39, 0.29) is 6.04 Å². The van der Waals surface area contributed by atoms with E-state index in [0.717, 1.165) is 33.8 Å². The van der Waals surface area contributed by atoms with Crippen LogP contribution in [0.25, 0.3) is 0 Å². The van der Waals surface area contributed by atoms with Gasteiger partial charge in [0, 0.05) is 0 Å². The molecule has 0 bridgehead atoms. The highest BCUT2D eigenvalue weighted by Crippen LogP contribution is 2.29. The number of methoxy groups -OCH3 is 1. The van der Waals surface area contributed by atoms with Crippen molar-refractivity contribution >= 4 is 0 Å². The third-order valence-electron chi connectivity index (χ3n) is 3.60. The van der Waals surface area contributed by atoms with Crippen LogP contribution in [0, 0.1) is 13.8 Å². The number of nitrogens with two attached hydrogens (primary N) is 1. The number of benzene rings is 2. The molecule has 0 fully saturated rings. The summed E-state index contributed by atoms with van der Waals surface area (Å²) in [5.41, 5.74) is 10.8. The molecule has 2 N–H and O–H groups in total. The molecule has 0 aliphatic carbocycles. The van der Waals surface area contributed by atoms with Crippen LogP contribution in [0.15, 0.2) is 36.4 Å². The van der Waals surface area contributed by atoms with Crippen molar-refractivity contribution in [1.29, 1.82) is 0 Å². The molecule has 0 amide bonds. The minimum absolute atomic E-state index is 0.149. The van der Waals surface area contributed by atoms with E-state index < -0.39 is 0 Å². The average Bonchev–Trinajstić information content (AvgIpc) is 2.47. The lowest BCUT2D eigenvalue weighted by Gasteiger charge is -2.17. The van der Waals surface area contributed by atoms with Gasteiger partial charge in [-0.15, -0.1) is 0 Å². The van der Waals surface area contributed by atoms with Gasteiger partial charge in [-0.2, -0.15) is 0 Å². The maximum Gasteiger partial charge on any atom is 0.124 e. The van der Waals surface area contributed by atoms with Crippen LogP contribution in [-0.2, 0) is 0 Å². The summed E-state index contributed by atoms with van der Waals surface area (Å²) in [7, 11) is 1.70. The Balaban J connectivity index is 2.29. The minimum Gasteiger partial charge on any atom is -0.496 e. The highest BCUT2D eigenvalue weighted by atomic mass is 16.5. The summed E-state index contributed by atoms with van der Waals surface area (Å²) in [6.07, 6.45) is 0. The molecule has 0 aromatic heterocycles. The SMILES string of the molecule is CCOc1ccc(C(N)c2cc(C)c(OC)c(C)c2)cc1. The van der Waals surface area contributed by atoms with Crippen LogP contribution in [0.1, 0.15) is 35.2 Å². The fourth-order valence-corrected chi connectivity index (χ4v) is 2.62. The van der Waals surface area contributed by atoms with Gasteiger partial charge in [0.15, 0.2) is 0 Å². The topological polar surface area (TPSA) is 44.5 Å². The van der Waals surface area contributed by atoms with Gasteiger partial charge >= 0.3 is 0 Å². The Bertz CT molecular complexity index is 582. The first-order valence-electron chi connectivity index (χ1n) is 7.20. The lowest BCUT2D eigenvalue weighted by molar-refractivity contribution is 0.340. The van der Waals surface area contributed by atoms with Crippen molar-refractivity contribution < 1.29 is 9.47 Å². The zero-order valence-electron chi connectivity index (χ0n) is 13.1. The Morgan fingerprint density at radius 1 is 1.00 bits per heavy atom. The molecule has 21 heavy (non-hydrogen) atoms. The van der Waals surface area contributed by atoms with Crippen LogP contribution < -0.4 is 15.2 Å². The molecular formula is C18H23NO2. The van der Waals surface area contributed by atoms with Gasteiger partial charge < -0.3 is 15.2 Å². The van der Waals surface area contributed by atoms with Gasteiger partial charge in [0.25, 0.3) is 0 Å². The second-order valence-corrected chi connectivity index (χ2v) is 5.17. The molecule has 0 spiro atoms. The summed E-state index contributed by atoms with van der Waals surface area (Å²) in [4.78, 5) is 0. The lowest BCUT2D eigenvalue weighted by Crippen LogP contribution is -2.12. The normalized spacial score (nSPS) is 12.0. The summed E-state index contributed by atoms with van der Waals surface area (Å²) in [6, 6.07) is 12.0. The third kappa shape index (κ3) is 3.37. The van der Waals surface area contributed by atoms with Crippen molar-refractivity contribution in [3.8, 4) is 11.5 Å². The molecule has 3 heteroatoms. The number of hydrogen-bond acceptors (Lipinski definition) is 3. The maximum absolute atomic E-state index is 6.39. The van der Waals surface area contributed by atoms with Gasteiger partial charge in [-0.3, -0.25) is 0 Å². The van der Waals surface area contributed by atoms with Gasteiger partial charge in [0.1, 0.15) is 11.5 Å². The fourth-order valence-electron chi connectivity index (χ4n) is 2.62. The predicted molar refractivity (Wildman–Crippen MR) is 86.1 cm³/mol. The van der Waals surface area contributed by atoms with Crippen molar-refractivity contribution in [1.82, 2.24) is 0 Å². The molecule has 0 aliphatic heterocycles. The zero-order valence-corrected chi connectivity index (χ0v) is 13.1. The molecule has 2 aromatic carbocycles. The van der Waals surface area contributed by atoms with E-state index >= 15 is 0 Å². The molecule has 0 radical (unpaired) electrons. The first-order chi connectivity index (χ1) is 10.1. The van der Waals surface area contributed by atoms with E-state index in [1.165, 1.54) is 0 Å². The zero-order chi connectivity index (χ0) is 15.4. The smallest absolute Gasteiger partial charge is 0.124 e. The van der Waals surface area contributed by atoms with Crippen LogP contribution >= 0.6 is 0 Å². The molecule has 0 saturated heterocycles. The highest BCUT2D eigenvalue weighted by Gasteiger charge is 2.13. The van der Waals surface area contributed by atoms with Crippen molar-refractivity contribution in [3.63, 3.8) is 0 Å². The molecule has 112 valence electrons. The van der Waals surface area contributed by atoms with Crippen molar-refractivity contribution in [3.05, 3.63) is 58.7 Å². The molecule has 2 aromatic rings. The summed E-state index contributed by atoms with van der Waals surface area (Å²) in [5, 5.41) is 0. The van der Waals surface area contributed by atoms with Crippen LogP contribution in [0.5, 0.6) is 11.5 Å². The van der Waals surface area contributed by atoms with E-state index in [0.29, 0.717) is 6.61 Å². The van der Waals surface area contributed by atoms with Gasteiger partial charge in [0.05, 0.1) is 19.8 Å². The first-order valence-corrected chi connectivity index (χ1v) is 7.20. The standard InChI is InChI=1S/C18H23NO2/c1-5-21-16-8-6-14(7-9-16)17(19)15-10-12(2)18(20-4)13(3)11-15/h6-11,17H,5,19H2,1-4H3. The fraction of sp³-hybridized carbons (Fsp3) is 0.333. The van der Waals surface area contributed by atoms with Crippen LogP contribution in [-0.4, -0.2) is 13.7 Å². The number of ether oxygens (including phenoxy) is 2. The van der Waals surface area contributed by atoms with Gasteiger partial charge in [-0.05, 0) is 55.2 Å². The third-order valence-corrected chi connectivity index (χ3v) is 3.60. The molecule has 0 aliphatic rings. The number of aryl methyl sites for hydroxylation is 2. The summed E-state index contributed by atoms with van der Waals surface area (Å²) in [6.45, 7) is 6.73. The van der Waals surface area contributed by atoms with E-state index in [2.05, 4.69) is 12.1 Å². The Hall–Kier alpha value is -2.00. The highest BCUT2D eigenvalue weighted by molar-refractivity contribution is 5.46. The summed E-state index contributed by atoms with van der Waals surface area (Å²) >= 11 is 0. The Kier molecular flexibility index (Phi) is 4.86. The molecule has 2 rings (SSSR count). The minimum atomic E-state index is -0.149. The van der Waals surface area contributed by atoms with Crippen molar-refractivity contribution in [2.45, 2.75) is 26.8 Å². The Morgan fingerprint density at radius 3 is 2.05 bits per heavy atom. The molecule has 0 saturated carbocycles. The maximum atomic E-state index is 6.39. The van der Waals surface area contributed by atoms with E-state index in [9.17, 15) is 0 Å². The molecule has 1 unspecified atom stereocenters. The Labute approximate surface area is 126 Å². The number of hydrogen-bond donors (Lipinski definition) is 1. The van der Waals surface area contributed by atoms with E-state index in [1.807, 2.05) is 45.0 Å². The Morgan fingerprint density at radius 2 is 1.57 bits per heavy atom. The van der Waals surface area contributed by atoms with Crippen LogP contribution in [0.4, 0.5) is 0 Å². The monoisotopic (exact) mass is 285 g/mol. The largest absolute Gasteiger partial charge is 0.496 e. The van der Waals surface area contributed by atoms with E-state index in [1.54, 1.807) is 7.11 Å².